The molecule has 8 heteroatoms. The highest BCUT2D eigenvalue weighted by Gasteiger charge is 2.32. The van der Waals surface area contributed by atoms with Gasteiger partial charge in [-0.15, -0.1) is 0 Å². The number of nitrogens with zero attached hydrogens (tertiary/aromatic N) is 4. The average molecular weight is 249 g/mol. The Bertz CT molecular complexity index is 491. The van der Waals surface area contributed by atoms with Gasteiger partial charge in [0.25, 0.3) is 5.95 Å². The molecule has 0 aromatic carbocycles. The lowest BCUT2D eigenvalue weighted by Crippen LogP contribution is -2.04. The van der Waals surface area contributed by atoms with Crippen molar-refractivity contribution in [3.05, 3.63) is 35.4 Å². The van der Waals surface area contributed by atoms with Crippen LogP contribution in [0.3, 0.4) is 0 Å². The molecule has 0 fully saturated rings. The molecular weight excluding hydrogens is 245 g/mol. The van der Waals surface area contributed by atoms with Gasteiger partial charge in [-0.2, -0.15) is 18.3 Å². The van der Waals surface area contributed by atoms with Crippen LogP contribution in [0.4, 0.5) is 13.2 Å². The minimum absolute atomic E-state index is 0.0277. The van der Waals surface area contributed by atoms with Crippen molar-refractivity contribution in [3.8, 4) is 5.95 Å². The molecule has 2 heterocycles. The van der Waals surface area contributed by atoms with Gasteiger partial charge in [0.1, 0.15) is 0 Å². The van der Waals surface area contributed by atoms with E-state index in [9.17, 15) is 13.2 Å². The summed E-state index contributed by atoms with van der Waals surface area (Å²) in [5, 5.41) is 3.81. The Morgan fingerprint density at radius 1 is 1.12 bits per heavy atom. The third-order valence-electron chi connectivity index (χ3n) is 1.72. The van der Waals surface area contributed by atoms with Gasteiger partial charge >= 0.3 is 6.18 Å². The molecule has 0 saturated carbocycles. The van der Waals surface area contributed by atoms with Crippen LogP contribution >= 0.6 is 11.6 Å². The van der Waals surface area contributed by atoms with Gasteiger partial charge in [-0.3, -0.25) is 0 Å². The summed E-state index contributed by atoms with van der Waals surface area (Å²) >= 11 is 5.54. The van der Waals surface area contributed by atoms with E-state index in [1.165, 1.54) is 12.4 Å². The summed E-state index contributed by atoms with van der Waals surface area (Å²) < 4.78 is 37.7. The molecule has 2 aromatic heterocycles. The molecule has 84 valence electrons. The standard InChI is InChI=1S/C8H4ClF3N4/c9-6-2-13-7(14-3-6)16-4-5(1-15-16)8(10,11)12/h1-4H. The Hall–Kier alpha value is -1.63. The molecule has 2 aromatic rings. The summed E-state index contributed by atoms with van der Waals surface area (Å²) in [5.41, 5.74) is -0.856. The van der Waals surface area contributed by atoms with Crippen molar-refractivity contribution in [2.75, 3.05) is 0 Å². The molecule has 0 aliphatic rings. The summed E-state index contributed by atoms with van der Waals surface area (Å²) in [6, 6.07) is 0. The molecule has 0 aliphatic heterocycles. The van der Waals surface area contributed by atoms with Crippen LogP contribution in [-0.4, -0.2) is 19.7 Å². The van der Waals surface area contributed by atoms with Gasteiger partial charge in [0.2, 0.25) is 0 Å². The zero-order valence-corrected chi connectivity index (χ0v) is 8.37. The second kappa shape index (κ2) is 3.75. The van der Waals surface area contributed by atoms with Crippen LogP contribution in [0.15, 0.2) is 24.8 Å². The first kappa shape index (κ1) is 10.9. The molecule has 0 bridgehead atoms. The minimum Gasteiger partial charge on any atom is -0.218 e. The number of rotatable bonds is 1. The van der Waals surface area contributed by atoms with Crippen molar-refractivity contribution in [1.29, 1.82) is 0 Å². The van der Waals surface area contributed by atoms with Crippen LogP contribution in [0.2, 0.25) is 5.02 Å². The fraction of sp³-hybridized carbons (Fsp3) is 0.125. The van der Waals surface area contributed by atoms with E-state index < -0.39 is 11.7 Å². The first-order chi connectivity index (χ1) is 7.47. The van der Waals surface area contributed by atoms with Crippen molar-refractivity contribution in [3.63, 3.8) is 0 Å². The summed E-state index contributed by atoms with van der Waals surface area (Å²) in [6.45, 7) is 0. The Balaban J connectivity index is 2.35. The van der Waals surface area contributed by atoms with Crippen LogP contribution < -0.4 is 0 Å². The van der Waals surface area contributed by atoms with Gasteiger partial charge in [0, 0.05) is 6.20 Å². The number of hydrogen-bond acceptors (Lipinski definition) is 3. The first-order valence-corrected chi connectivity index (χ1v) is 4.44. The molecule has 0 saturated heterocycles. The van der Waals surface area contributed by atoms with Crippen molar-refractivity contribution in [1.82, 2.24) is 19.7 Å². The molecule has 16 heavy (non-hydrogen) atoms. The third kappa shape index (κ3) is 2.13. The van der Waals surface area contributed by atoms with E-state index in [1.807, 2.05) is 0 Å². The summed E-state index contributed by atoms with van der Waals surface area (Å²) in [5.74, 6) is 0.0277. The maximum Gasteiger partial charge on any atom is 0.419 e. The first-order valence-electron chi connectivity index (χ1n) is 4.06. The predicted molar refractivity (Wildman–Crippen MR) is 49.2 cm³/mol. The van der Waals surface area contributed by atoms with E-state index in [4.69, 9.17) is 11.6 Å². The van der Waals surface area contributed by atoms with Crippen molar-refractivity contribution in [2.24, 2.45) is 0 Å². The fourth-order valence-corrected chi connectivity index (χ4v) is 1.10. The minimum atomic E-state index is -4.43. The second-order valence-electron chi connectivity index (χ2n) is 2.87. The Kier molecular flexibility index (Phi) is 2.55. The lowest BCUT2D eigenvalue weighted by atomic mass is 10.4. The van der Waals surface area contributed by atoms with Gasteiger partial charge < -0.3 is 0 Å². The van der Waals surface area contributed by atoms with Crippen LogP contribution in [0.25, 0.3) is 5.95 Å². The van der Waals surface area contributed by atoms with Gasteiger partial charge in [-0.1, -0.05) is 11.6 Å². The van der Waals surface area contributed by atoms with E-state index in [0.29, 0.717) is 11.2 Å². The van der Waals surface area contributed by atoms with E-state index in [2.05, 4.69) is 15.1 Å². The topological polar surface area (TPSA) is 43.6 Å². The monoisotopic (exact) mass is 248 g/mol. The fourth-order valence-electron chi connectivity index (χ4n) is 1.00. The Morgan fingerprint density at radius 2 is 1.75 bits per heavy atom. The smallest absolute Gasteiger partial charge is 0.218 e. The molecule has 4 nitrogen and oxygen atoms in total. The summed E-state index contributed by atoms with van der Waals surface area (Å²) in [4.78, 5) is 7.47. The highest BCUT2D eigenvalue weighted by atomic mass is 35.5. The zero-order valence-electron chi connectivity index (χ0n) is 7.61. The Labute approximate surface area is 92.7 Å². The second-order valence-corrected chi connectivity index (χ2v) is 3.31. The molecular formula is C8H4ClF3N4. The van der Waals surface area contributed by atoms with Crippen LogP contribution in [0, 0.1) is 0 Å². The highest BCUT2D eigenvalue weighted by Crippen LogP contribution is 2.28. The van der Waals surface area contributed by atoms with Crippen LogP contribution in [0.5, 0.6) is 0 Å². The van der Waals surface area contributed by atoms with Crippen molar-refractivity contribution < 1.29 is 13.2 Å². The largest absolute Gasteiger partial charge is 0.419 e. The van der Waals surface area contributed by atoms with Crippen LogP contribution in [-0.2, 0) is 6.18 Å². The van der Waals surface area contributed by atoms with E-state index >= 15 is 0 Å². The van der Waals surface area contributed by atoms with E-state index in [-0.39, 0.29) is 5.95 Å². The molecule has 0 aliphatic carbocycles. The van der Waals surface area contributed by atoms with E-state index in [1.54, 1.807) is 0 Å². The van der Waals surface area contributed by atoms with E-state index in [0.717, 1.165) is 10.9 Å². The quantitative estimate of drug-likeness (QED) is 0.778. The maximum absolute atomic E-state index is 12.3. The van der Waals surface area contributed by atoms with Crippen LogP contribution in [0.1, 0.15) is 5.56 Å². The molecule has 0 spiro atoms. The number of alkyl halides is 3. The molecule has 2 rings (SSSR count). The normalized spacial score (nSPS) is 11.8. The van der Waals surface area contributed by atoms with Crippen molar-refractivity contribution in [2.45, 2.75) is 6.18 Å². The average Bonchev–Trinajstić information content (AvgIpc) is 2.67. The lowest BCUT2D eigenvalue weighted by Gasteiger charge is -2.00. The maximum atomic E-state index is 12.3. The SMILES string of the molecule is FC(F)(F)c1cnn(-c2ncc(Cl)cn2)c1. The summed E-state index contributed by atoms with van der Waals surface area (Å²) in [6.07, 6.45) is -0.358. The molecule has 0 radical (unpaired) electrons. The highest BCUT2D eigenvalue weighted by molar-refractivity contribution is 6.30. The zero-order chi connectivity index (χ0) is 11.8. The number of hydrogen-bond donors (Lipinski definition) is 0. The van der Waals surface area contributed by atoms with Gasteiger partial charge in [0.15, 0.2) is 0 Å². The Morgan fingerprint density at radius 3 is 2.25 bits per heavy atom. The molecule has 0 atom stereocenters. The molecule has 0 unspecified atom stereocenters. The number of aromatic nitrogens is 4. The van der Waals surface area contributed by atoms with Crippen molar-refractivity contribution >= 4 is 11.6 Å². The summed E-state index contributed by atoms with van der Waals surface area (Å²) in [7, 11) is 0. The van der Waals surface area contributed by atoms with Gasteiger partial charge in [-0.25, -0.2) is 14.6 Å². The predicted octanol–water partition coefficient (Wildman–Crippen LogP) is 2.33. The third-order valence-corrected chi connectivity index (χ3v) is 1.92. The molecule has 0 amide bonds. The number of halogens is 4. The lowest BCUT2D eigenvalue weighted by molar-refractivity contribution is -0.137. The van der Waals surface area contributed by atoms with Gasteiger partial charge in [0.05, 0.1) is 29.2 Å². The van der Waals surface area contributed by atoms with Gasteiger partial charge in [-0.05, 0) is 0 Å². The molecule has 0 N–H and O–H groups in total.